The molecule has 0 aliphatic rings. The molecule has 0 spiro atoms. The number of imidazole rings is 1. The zero-order valence-electron chi connectivity index (χ0n) is 14.0. The second-order valence-corrected chi connectivity index (χ2v) is 5.91. The van der Waals surface area contributed by atoms with Gasteiger partial charge in [-0.05, 0) is 31.0 Å². The Morgan fingerprint density at radius 2 is 1.83 bits per heavy atom. The van der Waals surface area contributed by atoms with Crippen LogP contribution >= 0.6 is 0 Å². The van der Waals surface area contributed by atoms with Gasteiger partial charge in [0.1, 0.15) is 5.82 Å². The molecule has 0 aliphatic heterocycles. The summed E-state index contributed by atoms with van der Waals surface area (Å²) >= 11 is 0. The van der Waals surface area contributed by atoms with Crippen LogP contribution in [0.25, 0.3) is 5.69 Å². The van der Waals surface area contributed by atoms with Gasteiger partial charge < -0.3 is 9.88 Å². The topological polar surface area (TPSA) is 46.9 Å². The van der Waals surface area contributed by atoms with Gasteiger partial charge in [0, 0.05) is 18.9 Å². The van der Waals surface area contributed by atoms with E-state index in [9.17, 15) is 4.79 Å². The third kappa shape index (κ3) is 3.71. The summed E-state index contributed by atoms with van der Waals surface area (Å²) in [5.41, 5.74) is 4.33. The molecule has 24 heavy (non-hydrogen) atoms. The lowest BCUT2D eigenvalue weighted by Gasteiger charge is -2.12. The standard InChI is InChI=1S/C20H21N3O/c1-15-7-9-17(10-8-15)13-20(24)22-14-18-5-3-4-6-19(18)23-12-11-21-16(23)2/h3-12H,13-14H2,1-2H3,(H,22,24). The first-order valence-electron chi connectivity index (χ1n) is 8.04. The molecular formula is C20H21N3O. The van der Waals surface area contributed by atoms with Crippen LogP contribution in [0.4, 0.5) is 0 Å². The molecule has 0 saturated carbocycles. The van der Waals surface area contributed by atoms with Gasteiger partial charge in [-0.25, -0.2) is 4.98 Å². The van der Waals surface area contributed by atoms with Crippen LogP contribution in [0.15, 0.2) is 60.9 Å². The van der Waals surface area contributed by atoms with Gasteiger partial charge in [-0.2, -0.15) is 0 Å². The highest BCUT2D eigenvalue weighted by atomic mass is 16.1. The third-order valence-corrected chi connectivity index (χ3v) is 4.04. The molecule has 4 heteroatoms. The normalized spacial score (nSPS) is 10.6. The fraction of sp³-hybridized carbons (Fsp3) is 0.200. The van der Waals surface area contributed by atoms with Crippen molar-refractivity contribution in [2.45, 2.75) is 26.8 Å². The predicted octanol–water partition coefficient (Wildman–Crippen LogP) is 3.35. The zero-order valence-corrected chi connectivity index (χ0v) is 14.0. The highest BCUT2D eigenvalue weighted by Gasteiger charge is 2.08. The quantitative estimate of drug-likeness (QED) is 0.784. The van der Waals surface area contributed by atoms with E-state index in [2.05, 4.69) is 10.3 Å². The maximum Gasteiger partial charge on any atom is 0.224 e. The molecule has 0 bridgehead atoms. The SMILES string of the molecule is Cc1ccc(CC(=O)NCc2ccccc2-n2ccnc2C)cc1. The van der Waals surface area contributed by atoms with E-state index in [0.29, 0.717) is 13.0 Å². The molecule has 3 rings (SSSR count). The van der Waals surface area contributed by atoms with Gasteiger partial charge in [0.2, 0.25) is 5.91 Å². The fourth-order valence-corrected chi connectivity index (χ4v) is 2.68. The summed E-state index contributed by atoms with van der Waals surface area (Å²) < 4.78 is 2.03. The Bertz CT molecular complexity index is 834. The first-order valence-corrected chi connectivity index (χ1v) is 8.04. The van der Waals surface area contributed by atoms with E-state index in [1.807, 2.05) is 73.1 Å². The smallest absolute Gasteiger partial charge is 0.224 e. The average molecular weight is 319 g/mol. The number of nitrogens with zero attached hydrogens (tertiary/aromatic N) is 2. The number of hydrogen-bond donors (Lipinski definition) is 1. The highest BCUT2D eigenvalue weighted by molar-refractivity contribution is 5.78. The molecule has 0 fully saturated rings. The number of benzene rings is 2. The Kier molecular flexibility index (Phi) is 4.75. The molecule has 4 nitrogen and oxygen atoms in total. The van der Waals surface area contributed by atoms with Crippen molar-refractivity contribution in [1.29, 1.82) is 0 Å². The van der Waals surface area contributed by atoms with E-state index in [0.717, 1.165) is 22.6 Å². The van der Waals surface area contributed by atoms with Crippen molar-refractivity contribution in [3.63, 3.8) is 0 Å². The Morgan fingerprint density at radius 3 is 2.54 bits per heavy atom. The van der Waals surface area contributed by atoms with E-state index in [1.54, 1.807) is 6.20 Å². The van der Waals surface area contributed by atoms with Gasteiger partial charge in [-0.1, -0.05) is 48.0 Å². The number of amides is 1. The monoisotopic (exact) mass is 319 g/mol. The van der Waals surface area contributed by atoms with Crippen LogP contribution in [0.3, 0.4) is 0 Å². The van der Waals surface area contributed by atoms with Crippen LogP contribution in [0, 0.1) is 13.8 Å². The lowest BCUT2D eigenvalue weighted by atomic mass is 10.1. The fourth-order valence-electron chi connectivity index (χ4n) is 2.68. The summed E-state index contributed by atoms with van der Waals surface area (Å²) in [6, 6.07) is 16.1. The molecule has 1 heterocycles. The number of rotatable bonds is 5. The van der Waals surface area contributed by atoms with E-state index < -0.39 is 0 Å². The van der Waals surface area contributed by atoms with Gasteiger partial charge in [0.15, 0.2) is 0 Å². The number of para-hydroxylation sites is 1. The van der Waals surface area contributed by atoms with Crippen LogP contribution in [-0.2, 0) is 17.8 Å². The Balaban J connectivity index is 1.68. The van der Waals surface area contributed by atoms with Crippen molar-refractivity contribution in [2.24, 2.45) is 0 Å². The van der Waals surface area contributed by atoms with E-state index >= 15 is 0 Å². The molecule has 0 atom stereocenters. The first-order chi connectivity index (χ1) is 11.6. The van der Waals surface area contributed by atoms with E-state index in [1.165, 1.54) is 5.56 Å². The summed E-state index contributed by atoms with van der Waals surface area (Å²) in [7, 11) is 0. The van der Waals surface area contributed by atoms with Gasteiger partial charge in [0.05, 0.1) is 12.1 Å². The first kappa shape index (κ1) is 16.0. The number of aromatic nitrogens is 2. The number of aryl methyl sites for hydroxylation is 2. The summed E-state index contributed by atoms with van der Waals surface area (Å²) in [5.74, 6) is 0.949. The molecular weight excluding hydrogens is 298 g/mol. The largest absolute Gasteiger partial charge is 0.352 e. The van der Waals surface area contributed by atoms with E-state index in [4.69, 9.17) is 0 Å². The molecule has 122 valence electrons. The van der Waals surface area contributed by atoms with Gasteiger partial charge in [-0.15, -0.1) is 0 Å². The van der Waals surface area contributed by atoms with Crippen LogP contribution in [0.1, 0.15) is 22.5 Å². The van der Waals surface area contributed by atoms with Crippen LogP contribution in [0.5, 0.6) is 0 Å². The minimum Gasteiger partial charge on any atom is -0.352 e. The summed E-state index contributed by atoms with van der Waals surface area (Å²) in [6.07, 6.45) is 4.11. The van der Waals surface area contributed by atoms with Crippen LogP contribution < -0.4 is 5.32 Å². The Morgan fingerprint density at radius 1 is 1.08 bits per heavy atom. The Labute approximate surface area is 142 Å². The Hall–Kier alpha value is -2.88. The highest BCUT2D eigenvalue weighted by Crippen LogP contribution is 2.16. The predicted molar refractivity (Wildman–Crippen MR) is 95.0 cm³/mol. The molecule has 1 amide bonds. The molecule has 0 saturated heterocycles. The van der Waals surface area contributed by atoms with E-state index in [-0.39, 0.29) is 5.91 Å². The van der Waals surface area contributed by atoms with Gasteiger partial charge in [-0.3, -0.25) is 4.79 Å². The molecule has 3 aromatic rings. The maximum absolute atomic E-state index is 12.2. The molecule has 2 aromatic carbocycles. The molecule has 1 N–H and O–H groups in total. The van der Waals surface area contributed by atoms with Crippen LogP contribution in [-0.4, -0.2) is 15.5 Å². The molecule has 0 unspecified atom stereocenters. The number of carbonyl (C=O) groups is 1. The summed E-state index contributed by atoms with van der Waals surface area (Å²) in [4.78, 5) is 16.5. The zero-order chi connectivity index (χ0) is 16.9. The number of nitrogens with one attached hydrogen (secondary N) is 1. The summed E-state index contributed by atoms with van der Waals surface area (Å²) in [6.45, 7) is 4.50. The second kappa shape index (κ2) is 7.13. The van der Waals surface area contributed by atoms with Crippen molar-refractivity contribution in [3.05, 3.63) is 83.4 Å². The average Bonchev–Trinajstić information content (AvgIpc) is 3.01. The van der Waals surface area contributed by atoms with Gasteiger partial charge in [0.25, 0.3) is 0 Å². The number of carbonyl (C=O) groups excluding carboxylic acids is 1. The molecule has 1 aromatic heterocycles. The third-order valence-electron chi connectivity index (χ3n) is 4.04. The van der Waals surface area contributed by atoms with Crippen molar-refractivity contribution in [1.82, 2.24) is 14.9 Å². The molecule has 0 radical (unpaired) electrons. The van der Waals surface area contributed by atoms with Crippen molar-refractivity contribution in [2.75, 3.05) is 0 Å². The molecule has 0 aliphatic carbocycles. The van der Waals surface area contributed by atoms with Crippen molar-refractivity contribution < 1.29 is 4.79 Å². The van der Waals surface area contributed by atoms with Crippen LogP contribution in [0.2, 0.25) is 0 Å². The van der Waals surface area contributed by atoms with Crippen molar-refractivity contribution in [3.8, 4) is 5.69 Å². The minimum atomic E-state index is 0.0241. The maximum atomic E-state index is 12.2. The number of hydrogen-bond acceptors (Lipinski definition) is 2. The lowest BCUT2D eigenvalue weighted by Crippen LogP contribution is -2.25. The minimum absolute atomic E-state index is 0.0241. The lowest BCUT2D eigenvalue weighted by molar-refractivity contribution is -0.120. The summed E-state index contributed by atoms with van der Waals surface area (Å²) in [5, 5.41) is 3.01. The van der Waals surface area contributed by atoms with Crippen molar-refractivity contribution >= 4 is 5.91 Å². The second-order valence-electron chi connectivity index (χ2n) is 5.91. The van der Waals surface area contributed by atoms with Gasteiger partial charge >= 0.3 is 0 Å².